The minimum atomic E-state index is -4.47. The quantitative estimate of drug-likeness (QED) is 0.792. The number of carbonyl (C=O) groups excluding carboxylic acids is 1. The molecule has 2 amide bonds. The first kappa shape index (κ1) is 17.6. The van der Waals surface area contributed by atoms with Crippen LogP contribution in [0.2, 0.25) is 0 Å². The molecule has 8 heteroatoms. The van der Waals surface area contributed by atoms with Gasteiger partial charge < -0.3 is 20.5 Å². The van der Waals surface area contributed by atoms with Gasteiger partial charge in [-0.2, -0.15) is 13.2 Å². The van der Waals surface area contributed by atoms with Crippen LogP contribution in [0, 0.1) is 0 Å². The summed E-state index contributed by atoms with van der Waals surface area (Å²) in [5.41, 5.74) is -0.742. The van der Waals surface area contributed by atoms with Gasteiger partial charge in [0.2, 0.25) is 0 Å². The minimum Gasteiger partial charge on any atom is -0.387 e. The Morgan fingerprint density at radius 1 is 1.48 bits per heavy atom. The summed E-state index contributed by atoms with van der Waals surface area (Å²) in [6, 6.07) is 3.81. The van der Waals surface area contributed by atoms with Crippen molar-refractivity contribution in [2.24, 2.45) is 0 Å². The average molecular weight is 332 g/mol. The van der Waals surface area contributed by atoms with E-state index in [4.69, 9.17) is 4.74 Å². The van der Waals surface area contributed by atoms with Crippen LogP contribution in [0.15, 0.2) is 24.3 Å². The second-order valence-corrected chi connectivity index (χ2v) is 5.46. The normalized spacial score (nSPS) is 22.7. The van der Waals surface area contributed by atoms with E-state index in [9.17, 15) is 23.1 Å². The van der Waals surface area contributed by atoms with Crippen LogP contribution < -0.4 is 10.6 Å². The summed E-state index contributed by atoms with van der Waals surface area (Å²) in [4.78, 5) is 11.7. The van der Waals surface area contributed by atoms with E-state index in [-0.39, 0.29) is 24.3 Å². The summed E-state index contributed by atoms with van der Waals surface area (Å²) in [6.45, 7) is 2.23. The molecule has 1 aromatic carbocycles. The van der Waals surface area contributed by atoms with Crippen molar-refractivity contribution in [1.29, 1.82) is 0 Å². The number of rotatable bonds is 4. The molecule has 1 aliphatic rings. The van der Waals surface area contributed by atoms with Crippen LogP contribution in [-0.4, -0.2) is 36.4 Å². The van der Waals surface area contributed by atoms with Gasteiger partial charge in [-0.3, -0.25) is 0 Å². The Morgan fingerprint density at radius 3 is 2.83 bits per heavy atom. The molecule has 1 fully saturated rings. The molecule has 0 spiro atoms. The van der Waals surface area contributed by atoms with E-state index >= 15 is 0 Å². The summed E-state index contributed by atoms with van der Waals surface area (Å²) in [5.74, 6) is 0. The molecule has 128 valence electrons. The number of alkyl halides is 3. The van der Waals surface area contributed by atoms with Gasteiger partial charge in [0.25, 0.3) is 0 Å². The second kappa shape index (κ2) is 7.18. The van der Waals surface area contributed by atoms with Gasteiger partial charge in [-0.05, 0) is 31.0 Å². The number of ether oxygens (including phenoxy) is 1. The molecule has 3 N–H and O–H groups in total. The molecule has 5 nitrogen and oxygen atoms in total. The van der Waals surface area contributed by atoms with Crippen molar-refractivity contribution in [1.82, 2.24) is 10.6 Å². The first-order valence-electron chi connectivity index (χ1n) is 7.28. The minimum absolute atomic E-state index is 0.0888. The average Bonchev–Trinajstić information content (AvgIpc) is 2.89. The summed E-state index contributed by atoms with van der Waals surface area (Å²) in [6.07, 6.45) is -5.08. The Bertz CT molecular complexity index is 551. The maximum absolute atomic E-state index is 12.6. The first-order valence-corrected chi connectivity index (χ1v) is 7.28. The van der Waals surface area contributed by atoms with Crippen molar-refractivity contribution < 1.29 is 27.8 Å². The zero-order chi connectivity index (χ0) is 17.0. The SMILES string of the molecule is CC1OCCC1NC(=O)NCC(O)c1cccc(C(F)(F)F)c1. The molecule has 0 aromatic heterocycles. The van der Waals surface area contributed by atoms with Crippen LogP contribution in [0.4, 0.5) is 18.0 Å². The molecule has 23 heavy (non-hydrogen) atoms. The smallest absolute Gasteiger partial charge is 0.387 e. The van der Waals surface area contributed by atoms with Crippen LogP contribution in [0.3, 0.4) is 0 Å². The van der Waals surface area contributed by atoms with E-state index in [0.717, 1.165) is 12.1 Å². The van der Waals surface area contributed by atoms with Gasteiger partial charge in [0.15, 0.2) is 0 Å². The van der Waals surface area contributed by atoms with E-state index in [0.29, 0.717) is 13.0 Å². The molecule has 2 rings (SSSR count). The predicted octanol–water partition coefficient (Wildman–Crippen LogP) is 2.22. The lowest BCUT2D eigenvalue weighted by molar-refractivity contribution is -0.137. The number of carbonyl (C=O) groups is 1. The Kier molecular flexibility index (Phi) is 5.48. The molecule has 0 bridgehead atoms. The van der Waals surface area contributed by atoms with Crippen molar-refractivity contribution in [2.45, 2.75) is 37.8 Å². The number of amides is 2. The molecule has 0 aliphatic carbocycles. The van der Waals surface area contributed by atoms with Gasteiger partial charge >= 0.3 is 12.2 Å². The fraction of sp³-hybridized carbons (Fsp3) is 0.533. The summed E-state index contributed by atoms with van der Waals surface area (Å²) >= 11 is 0. The second-order valence-electron chi connectivity index (χ2n) is 5.46. The Hall–Kier alpha value is -1.80. The highest BCUT2D eigenvalue weighted by atomic mass is 19.4. The summed E-state index contributed by atoms with van der Waals surface area (Å²) in [5, 5.41) is 15.1. The molecule has 1 saturated heterocycles. The summed E-state index contributed by atoms with van der Waals surface area (Å²) in [7, 11) is 0. The highest BCUT2D eigenvalue weighted by Gasteiger charge is 2.31. The number of urea groups is 1. The maximum atomic E-state index is 12.6. The molecule has 1 aromatic rings. The molecule has 0 radical (unpaired) electrons. The molecule has 1 aliphatic heterocycles. The number of aliphatic hydroxyl groups is 1. The fourth-order valence-electron chi connectivity index (χ4n) is 2.37. The molecular weight excluding hydrogens is 313 g/mol. The number of benzene rings is 1. The standard InChI is InChI=1S/C15H19F3N2O3/c1-9-12(5-6-23-9)20-14(22)19-8-13(21)10-3-2-4-11(7-10)15(16,17)18/h2-4,7,9,12-13,21H,5-6,8H2,1H3,(H2,19,20,22). The first-order chi connectivity index (χ1) is 10.8. The molecule has 1 heterocycles. The van der Waals surface area contributed by atoms with Gasteiger partial charge in [-0.1, -0.05) is 12.1 Å². The largest absolute Gasteiger partial charge is 0.416 e. The van der Waals surface area contributed by atoms with Gasteiger partial charge in [0.1, 0.15) is 0 Å². The van der Waals surface area contributed by atoms with Gasteiger partial charge in [0, 0.05) is 13.2 Å². The van der Waals surface area contributed by atoms with E-state index in [1.165, 1.54) is 12.1 Å². The van der Waals surface area contributed by atoms with Crippen LogP contribution >= 0.6 is 0 Å². The zero-order valence-electron chi connectivity index (χ0n) is 12.6. The Labute approximate surface area is 131 Å². The highest BCUT2D eigenvalue weighted by molar-refractivity contribution is 5.74. The third kappa shape index (κ3) is 4.84. The molecule has 0 saturated carbocycles. The number of hydrogen-bond acceptors (Lipinski definition) is 3. The third-order valence-corrected chi connectivity index (χ3v) is 3.75. The van der Waals surface area contributed by atoms with Crippen LogP contribution in [0.1, 0.15) is 30.6 Å². The predicted molar refractivity (Wildman–Crippen MR) is 76.8 cm³/mol. The lowest BCUT2D eigenvalue weighted by Gasteiger charge is -2.18. The third-order valence-electron chi connectivity index (χ3n) is 3.75. The topological polar surface area (TPSA) is 70.6 Å². The van der Waals surface area contributed by atoms with Crippen molar-refractivity contribution in [3.63, 3.8) is 0 Å². The van der Waals surface area contributed by atoms with E-state index in [2.05, 4.69) is 10.6 Å². The van der Waals surface area contributed by atoms with Crippen LogP contribution in [-0.2, 0) is 10.9 Å². The van der Waals surface area contributed by atoms with Gasteiger partial charge in [0.05, 0.1) is 23.8 Å². The zero-order valence-corrected chi connectivity index (χ0v) is 12.6. The van der Waals surface area contributed by atoms with Crippen molar-refractivity contribution in [3.8, 4) is 0 Å². The van der Waals surface area contributed by atoms with Gasteiger partial charge in [-0.15, -0.1) is 0 Å². The highest BCUT2D eigenvalue weighted by Crippen LogP contribution is 2.30. The van der Waals surface area contributed by atoms with E-state index < -0.39 is 23.9 Å². The number of hydrogen-bond donors (Lipinski definition) is 3. The lowest BCUT2D eigenvalue weighted by Crippen LogP contribution is -2.45. The number of aliphatic hydroxyl groups excluding tert-OH is 1. The number of halogens is 3. The lowest BCUT2D eigenvalue weighted by atomic mass is 10.1. The van der Waals surface area contributed by atoms with Crippen molar-refractivity contribution >= 4 is 6.03 Å². The summed E-state index contributed by atoms with van der Waals surface area (Å²) < 4.78 is 43.2. The van der Waals surface area contributed by atoms with Crippen molar-refractivity contribution in [3.05, 3.63) is 35.4 Å². The number of nitrogens with one attached hydrogen (secondary N) is 2. The van der Waals surface area contributed by atoms with Crippen LogP contribution in [0.5, 0.6) is 0 Å². The molecular formula is C15H19F3N2O3. The fourth-order valence-corrected chi connectivity index (χ4v) is 2.37. The Balaban J connectivity index is 1.87. The Morgan fingerprint density at radius 2 is 2.22 bits per heavy atom. The van der Waals surface area contributed by atoms with E-state index in [1.54, 1.807) is 0 Å². The van der Waals surface area contributed by atoms with Crippen LogP contribution in [0.25, 0.3) is 0 Å². The maximum Gasteiger partial charge on any atom is 0.416 e. The molecule has 3 unspecified atom stereocenters. The molecule has 3 atom stereocenters. The van der Waals surface area contributed by atoms with Gasteiger partial charge in [-0.25, -0.2) is 4.79 Å². The van der Waals surface area contributed by atoms with Crippen molar-refractivity contribution in [2.75, 3.05) is 13.2 Å². The van der Waals surface area contributed by atoms with E-state index in [1.807, 2.05) is 6.92 Å². The monoisotopic (exact) mass is 332 g/mol.